The Balaban J connectivity index is 1.42. The number of carbonyl (C=O) groups excluding carboxylic acids is 2. The van der Waals surface area contributed by atoms with Gasteiger partial charge >= 0.3 is 0 Å². The molecule has 4 bridgehead atoms. The summed E-state index contributed by atoms with van der Waals surface area (Å²) in [4.78, 5) is 43.0. The molecule has 1 saturated heterocycles. The summed E-state index contributed by atoms with van der Waals surface area (Å²) < 4.78 is 3.35. The van der Waals surface area contributed by atoms with Gasteiger partial charge in [0.05, 0.1) is 18.8 Å². The Hall–Kier alpha value is -4.05. The van der Waals surface area contributed by atoms with E-state index in [1.54, 1.807) is 19.3 Å². The van der Waals surface area contributed by atoms with Gasteiger partial charge in [-0.15, -0.1) is 5.10 Å². The molecule has 2 amide bonds. The molecule has 0 saturated carbocycles. The number of hydrogen-bond donors (Lipinski definition) is 1. The van der Waals surface area contributed by atoms with Gasteiger partial charge in [-0.25, -0.2) is 4.68 Å². The molecule has 3 aromatic rings. The summed E-state index contributed by atoms with van der Waals surface area (Å²) in [6.45, 7) is 7.54. The van der Waals surface area contributed by atoms with E-state index < -0.39 is 0 Å². The first-order valence-corrected chi connectivity index (χ1v) is 14.4. The average molecular weight is 558 g/mol. The third-order valence-corrected chi connectivity index (χ3v) is 7.90. The van der Waals surface area contributed by atoms with Crippen LogP contribution in [0.1, 0.15) is 54.3 Å². The van der Waals surface area contributed by atoms with Gasteiger partial charge in [0.25, 0.3) is 11.5 Å². The maximum Gasteiger partial charge on any atom is 0.263 e. The van der Waals surface area contributed by atoms with E-state index in [0.717, 1.165) is 26.1 Å². The predicted molar refractivity (Wildman–Crippen MR) is 157 cm³/mol. The Morgan fingerprint density at radius 1 is 1.10 bits per heavy atom. The van der Waals surface area contributed by atoms with Gasteiger partial charge in [-0.2, -0.15) is 0 Å². The number of allylic oxidation sites excluding steroid dienone is 1. The lowest BCUT2D eigenvalue weighted by atomic mass is 9.99. The van der Waals surface area contributed by atoms with Gasteiger partial charge in [-0.05, 0) is 35.6 Å². The molecule has 216 valence electrons. The van der Waals surface area contributed by atoms with Crippen LogP contribution < -0.4 is 10.9 Å². The van der Waals surface area contributed by atoms with Crippen LogP contribution in [0, 0.1) is 11.8 Å². The van der Waals surface area contributed by atoms with Crippen LogP contribution in [0.4, 0.5) is 0 Å². The van der Waals surface area contributed by atoms with Crippen molar-refractivity contribution in [1.29, 1.82) is 0 Å². The summed E-state index contributed by atoms with van der Waals surface area (Å²) in [6, 6.07) is 13.7. The fraction of sp³-hybridized carbons (Fsp3) is 0.452. The zero-order valence-electron chi connectivity index (χ0n) is 24.1. The monoisotopic (exact) mass is 557 g/mol. The summed E-state index contributed by atoms with van der Waals surface area (Å²) in [5, 5.41) is 11.8. The van der Waals surface area contributed by atoms with Crippen molar-refractivity contribution in [2.75, 3.05) is 39.8 Å². The van der Waals surface area contributed by atoms with Crippen LogP contribution in [0.15, 0.2) is 65.7 Å². The molecule has 41 heavy (non-hydrogen) atoms. The van der Waals surface area contributed by atoms with E-state index in [1.165, 1.54) is 26.7 Å². The lowest BCUT2D eigenvalue weighted by molar-refractivity contribution is -0.122. The average Bonchev–Trinajstić information content (AvgIpc) is 3.58. The molecule has 0 unspecified atom stereocenters. The summed E-state index contributed by atoms with van der Waals surface area (Å²) in [5.74, 6) is 0.157. The molecular weight excluding hydrogens is 518 g/mol. The number of pyridine rings is 1. The molecule has 2 atom stereocenters. The highest BCUT2D eigenvalue weighted by Crippen LogP contribution is 2.32. The molecule has 4 heterocycles. The number of nitrogens with one attached hydrogen (secondary N) is 1. The molecule has 1 fully saturated rings. The lowest BCUT2D eigenvalue weighted by Crippen LogP contribution is -2.39. The molecule has 0 spiro atoms. The van der Waals surface area contributed by atoms with E-state index in [1.807, 2.05) is 16.9 Å². The Bertz CT molecular complexity index is 1460. The van der Waals surface area contributed by atoms with Crippen LogP contribution in [0.5, 0.6) is 0 Å². The number of likely N-dealkylation sites (N-methyl/N-ethyl adjacent to an activating group) is 1. The van der Waals surface area contributed by atoms with E-state index in [9.17, 15) is 14.4 Å². The molecule has 5 rings (SSSR count). The summed E-state index contributed by atoms with van der Waals surface area (Å²) in [6.07, 6.45) is 7.22. The van der Waals surface area contributed by atoms with Crippen LogP contribution in [-0.2, 0) is 11.3 Å². The fourth-order valence-corrected chi connectivity index (χ4v) is 5.64. The van der Waals surface area contributed by atoms with Crippen LogP contribution in [-0.4, -0.2) is 80.9 Å². The SMILES string of the molecule is CC(C)CC=C(CN1C[C@@H]2CC(=O)NCCN(C)C(=O)c3cccn(c3=O)Cc3cn(nn3)[C@@H]2C1)c1ccccc1. The first kappa shape index (κ1) is 28.5. The van der Waals surface area contributed by atoms with Crippen LogP contribution in [0.25, 0.3) is 5.57 Å². The summed E-state index contributed by atoms with van der Waals surface area (Å²) in [7, 11) is 1.64. The van der Waals surface area contributed by atoms with Crippen molar-refractivity contribution in [2.45, 2.75) is 39.3 Å². The van der Waals surface area contributed by atoms with Gasteiger partial charge in [0, 0.05) is 58.3 Å². The molecule has 1 N–H and O–H groups in total. The minimum absolute atomic E-state index is 0.0324. The van der Waals surface area contributed by atoms with E-state index in [2.05, 4.69) is 64.7 Å². The highest BCUT2D eigenvalue weighted by Gasteiger charge is 2.36. The first-order valence-electron chi connectivity index (χ1n) is 14.4. The second-order valence-corrected chi connectivity index (χ2v) is 11.6. The van der Waals surface area contributed by atoms with E-state index in [4.69, 9.17) is 0 Å². The fourth-order valence-electron chi connectivity index (χ4n) is 5.64. The second-order valence-electron chi connectivity index (χ2n) is 11.6. The largest absolute Gasteiger partial charge is 0.354 e. The standard InChI is InChI=1S/C31H39N7O3/c1-22(2)11-12-24(23-8-5-4-6-9-23)17-36-18-25-16-29(39)32-13-15-35(3)30(40)27-10-7-14-37(31(27)41)19-26-20-38(34-33-26)28(25)21-36/h4-10,12,14,20,22,25,28H,11,13,15-19,21H2,1-3H3,(H,32,39)/t25-,28+/m0/s1. The zero-order valence-corrected chi connectivity index (χ0v) is 24.1. The summed E-state index contributed by atoms with van der Waals surface area (Å²) >= 11 is 0. The van der Waals surface area contributed by atoms with Crippen molar-refractivity contribution in [3.63, 3.8) is 0 Å². The van der Waals surface area contributed by atoms with Gasteiger partial charge in [-0.1, -0.05) is 55.5 Å². The normalized spacial score (nSPS) is 20.8. The topological polar surface area (TPSA) is 105 Å². The maximum atomic E-state index is 13.1. The second kappa shape index (κ2) is 12.6. The van der Waals surface area contributed by atoms with E-state index in [0.29, 0.717) is 31.1 Å². The number of fused-ring (bicyclic) bond motifs is 6. The molecule has 2 aliphatic heterocycles. The van der Waals surface area contributed by atoms with Crippen molar-refractivity contribution >= 4 is 17.4 Å². The minimum atomic E-state index is -0.374. The lowest BCUT2D eigenvalue weighted by Gasteiger charge is -2.20. The van der Waals surface area contributed by atoms with Gasteiger partial charge in [0.1, 0.15) is 11.3 Å². The summed E-state index contributed by atoms with van der Waals surface area (Å²) in [5.41, 5.74) is 2.84. The number of rotatable bonds is 5. The third kappa shape index (κ3) is 6.82. The van der Waals surface area contributed by atoms with Crippen molar-refractivity contribution < 1.29 is 9.59 Å². The highest BCUT2D eigenvalue weighted by atomic mass is 16.2. The molecule has 1 aromatic carbocycles. The minimum Gasteiger partial charge on any atom is -0.354 e. The number of benzene rings is 1. The number of amides is 2. The Labute approximate surface area is 240 Å². The molecule has 2 aromatic heterocycles. The zero-order chi connectivity index (χ0) is 28.9. The number of hydrogen-bond acceptors (Lipinski definition) is 6. The first-order chi connectivity index (χ1) is 19.8. The molecule has 10 nitrogen and oxygen atoms in total. The van der Waals surface area contributed by atoms with Gasteiger partial charge in [-0.3, -0.25) is 19.3 Å². The quantitative estimate of drug-likeness (QED) is 0.517. The van der Waals surface area contributed by atoms with Crippen molar-refractivity contribution in [3.05, 3.63) is 88.1 Å². The molecule has 2 aliphatic rings. The molecular formula is C31H39N7O3. The van der Waals surface area contributed by atoms with Crippen LogP contribution in [0.2, 0.25) is 0 Å². The van der Waals surface area contributed by atoms with Crippen molar-refractivity contribution in [3.8, 4) is 0 Å². The van der Waals surface area contributed by atoms with E-state index in [-0.39, 0.29) is 41.4 Å². The molecule has 0 radical (unpaired) electrons. The number of nitrogens with zero attached hydrogens (tertiary/aromatic N) is 6. The predicted octanol–water partition coefficient (Wildman–Crippen LogP) is 2.68. The Morgan fingerprint density at radius 2 is 1.90 bits per heavy atom. The van der Waals surface area contributed by atoms with Crippen molar-refractivity contribution in [2.24, 2.45) is 11.8 Å². The molecule has 0 aliphatic carbocycles. The molecule has 10 heteroatoms. The van der Waals surface area contributed by atoms with Gasteiger partial charge in [0.15, 0.2) is 0 Å². The Morgan fingerprint density at radius 3 is 2.68 bits per heavy atom. The van der Waals surface area contributed by atoms with E-state index >= 15 is 0 Å². The van der Waals surface area contributed by atoms with Gasteiger partial charge < -0.3 is 14.8 Å². The van der Waals surface area contributed by atoms with Crippen LogP contribution in [0.3, 0.4) is 0 Å². The number of carbonyl (C=O) groups is 2. The van der Waals surface area contributed by atoms with Crippen LogP contribution >= 0.6 is 0 Å². The maximum absolute atomic E-state index is 13.1. The number of aromatic nitrogens is 4. The Kier molecular flexibility index (Phi) is 8.78. The number of likely N-dealkylation sites (tertiary alicyclic amines) is 1. The highest BCUT2D eigenvalue weighted by molar-refractivity contribution is 5.93. The third-order valence-electron chi connectivity index (χ3n) is 7.90. The van der Waals surface area contributed by atoms with Gasteiger partial charge in [0.2, 0.25) is 5.91 Å². The smallest absolute Gasteiger partial charge is 0.263 e. The van der Waals surface area contributed by atoms with Crippen molar-refractivity contribution in [1.82, 2.24) is 34.7 Å².